The van der Waals surface area contributed by atoms with E-state index in [9.17, 15) is 0 Å². The molecule has 3 aromatic carbocycles. The van der Waals surface area contributed by atoms with Crippen LogP contribution in [-0.4, -0.2) is 48.9 Å². The van der Waals surface area contributed by atoms with Crippen molar-refractivity contribution in [2.45, 2.75) is 13.0 Å². The van der Waals surface area contributed by atoms with Crippen LogP contribution >= 0.6 is 0 Å². The fraction of sp³-hybridized carbons (Fsp3) is 0.269. The van der Waals surface area contributed by atoms with Crippen LogP contribution in [0.3, 0.4) is 0 Å². The van der Waals surface area contributed by atoms with Crippen LogP contribution in [0.1, 0.15) is 29.7 Å². The molecule has 0 aromatic heterocycles. The lowest BCUT2D eigenvalue weighted by atomic mass is 10.0. The summed E-state index contributed by atoms with van der Waals surface area (Å²) in [7, 11) is 0. The quantitative estimate of drug-likeness (QED) is 0.579. The van der Waals surface area contributed by atoms with E-state index in [0.717, 1.165) is 37.5 Å². The van der Waals surface area contributed by atoms with E-state index in [2.05, 4.69) is 70.6 Å². The van der Waals surface area contributed by atoms with Gasteiger partial charge in [0.25, 0.3) is 0 Å². The third-order valence-corrected chi connectivity index (χ3v) is 6.02. The first-order valence-corrected chi connectivity index (χ1v) is 10.8. The number of fused-ring (bicyclic) bond motifs is 3. The van der Waals surface area contributed by atoms with Crippen molar-refractivity contribution in [2.75, 3.05) is 32.8 Å². The summed E-state index contributed by atoms with van der Waals surface area (Å²) >= 11 is 0. The van der Waals surface area contributed by atoms with Gasteiger partial charge in [0.15, 0.2) is 0 Å². The molecule has 4 nitrogen and oxygen atoms in total. The van der Waals surface area contributed by atoms with Crippen molar-refractivity contribution in [2.24, 2.45) is 5.10 Å². The van der Waals surface area contributed by atoms with E-state index >= 15 is 0 Å². The standard InChI is InChI=1S/C26H27N3O/c1-2-30-21-13-11-20(12-14-21)19-27-29-17-15-28(16-18-29)26-24-9-5-3-7-22(24)23-8-4-6-10-25(23)26/h3-14,19,26H,2,15-18H2,1H3. The first-order chi connectivity index (χ1) is 14.8. The van der Waals surface area contributed by atoms with Gasteiger partial charge in [-0.3, -0.25) is 9.91 Å². The third-order valence-electron chi connectivity index (χ3n) is 6.02. The number of benzene rings is 3. The second-order valence-corrected chi connectivity index (χ2v) is 7.81. The van der Waals surface area contributed by atoms with Gasteiger partial charge in [0.1, 0.15) is 5.75 Å². The molecule has 1 fully saturated rings. The van der Waals surface area contributed by atoms with Crippen LogP contribution in [0, 0.1) is 0 Å². The minimum atomic E-state index is 0.356. The number of hydrogen-bond donors (Lipinski definition) is 0. The molecule has 0 unspecified atom stereocenters. The Morgan fingerprint density at radius 2 is 1.43 bits per heavy atom. The van der Waals surface area contributed by atoms with Crippen molar-refractivity contribution < 1.29 is 4.74 Å². The van der Waals surface area contributed by atoms with E-state index in [1.54, 1.807) is 0 Å². The van der Waals surface area contributed by atoms with Crippen LogP contribution in [0.5, 0.6) is 5.75 Å². The highest BCUT2D eigenvalue weighted by atomic mass is 16.5. The summed E-state index contributed by atoms with van der Waals surface area (Å²) in [5.41, 5.74) is 6.73. The van der Waals surface area contributed by atoms with Gasteiger partial charge in [-0.2, -0.15) is 5.10 Å². The van der Waals surface area contributed by atoms with Crippen molar-refractivity contribution in [3.63, 3.8) is 0 Å². The maximum atomic E-state index is 5.51. The first kappa shape index (κ1) is 18.9. The molecule has 1 aliphatic carbocycles. The van der Waals surface area contributed by atoms with Crippen LogP contribution in [0.25, 0.3) is 11.1 Å². The average molecular weight is 398 g/mol. The van der Waals surface area contributed by atoms with Gasteiger partial charge in [0.05, 0.1) is 18.9 Å². The minimum Gasteiger partial charge on any atom is -0.494 e. The van der Waals surface area contributed by atoms with Crippen molar-refractivity contribution in [3.8, 4) is 16.9 Å². The maximum Gasteiger partial charge on any atom is 0.119 e. The Bertz CT molecular complexity index is 991. The molecule has 0 amide bonds. The largest absolute Gasteiger partial charge is 0.494 e. The second kappa shape index (κ2) is 8.33. The number of ether oxygens (including phenoxy) is 1. The number of nitrogens with zero attached hydrogens (tertiary/aromatic N) is 3. The highest BCUT2D eigenvalue weighted by Gasteiger charge is 2.33. The molecule has 0 bridgehead atoms. The topological polar surface area (TPSA) is 28.1 Å². The lowest BCUT2D eigenvalue weighted by Gasteiger charge is -2.37. The number of hydrazone groups is 1. The molecule has 0 N–H and O–H groups in total. The first-order valence-electron chi connectivity index (χ1n) is 10.8. The van der Waals surface area contributed by atoms with E-state index in [-0.39, 0.29) is 0 Å². The summed E-state index contributed by atoms with van der Waals surface area (Å²) < 4.78 is 5.51. The van der Waals surface area contributed by atoms with E-state index < -0.39 is 0 Å². The highest BCUT2D eigenvalue weighted by molar-refractivity contribution is 5.79. The summed E-state index contributed by atoms with van der Waals surface area (Å²) in [5.74, 6) is 0.903. The number of rotatable bonds is 5. The normalized spacial score (nSPS) is 16.6. The lowest BCUT2D eigenvalue weighted by molar-refractivity contribution is 0.114. The van der Waals surface area contributed by atoms with Crippen molar-refractivity contribution in [1.82, 2.24) is 9.91 Å². The zero-order valence-electron chi connectivity index (χ0n) is 17.4. The van der Waals surface area contributed by atoms with Crippen LogP contribution in [-0.2, 0) is 0 Å². The zero-order chi connectivity index (χ0) is 20.3. The Morgan fingerprint density at radius 1 is 0.833 bits per heavy atom. The maximum absolute atomic E-state index is 5.51. The Hall–Kier alpha value is -3.11. The van der Waals surface area contributed by atoms with Gasteiger partial charge in [0.2, 0.25) is 0 Å². The van der Waals surface area contributed by atoms with Gasteiger partial charge in [-0.15, -0.1) is 0 Å². The van der Waals surface area contributed by atoms with Crippen LogP contribution in [0.15, 0.2) is 77.9 Å². The molecule has 1 saturated heterocycles. The molecule has 0 spiro atoms. The predicted octanol–water partition coefficient (Wildman–Crippen LogP) is 4.81. The molecule has 152 valence electrons. The van der Waals surface area contributed by atoms with E-state index in [4.69, 9.17) is 9.84 Å². The molecule has 1 heterocycles. The summed E-state index contributed by atoms with van der Waals surface area (Å²) in [4.78, 5) is 2.60. The van der Waals surface area contributed by atoms with E-state index in [1.807, 2.05) is 25.3 Å². The van der Waals surface area contributed by atoms with Gasteiger partial charge in [-0.05, 0) is 59.0 Å². The van der Waals surface area contributed by atoms with E-state index in [1.165, 1.54) is 22.3 Å². The molecular formula is C26H27N3O. The highest BCUT2D eigenvalue weighted by Crippen LogP contribution is 2.46. The van der Waals surface area contributed by atoms with Crippen LogP contribution in [0.4, 0.5) is 0 Å². The molecule has 30 heavy (non-hydrogen) atoms. The fourth-order valence-electron chi connectivity index (χ4n) is 4.57. The second-order valence-electron chi connectivity index (χ2n) is 7.81. The molecule has 4 heteroatoms. The molecule has 3 aromatic rings. The lowest BCUT2D eigenvalue weighted by Crippen LogP contribution is -2.45. The minimum absolute atomic E-state index is 0.356. The van der Waals surface area contributed by atoms with E-state index in [0.29, 0.717) is 12.6 Å². The van der Waals surface area contributed by atoms with Crippen molar-refractivity contribution in [3.05, 3.63) is 89.5 Å². The summed E-state index contributed by atoms with van der Waals surface area (Å²) in [6, 6.07) is 26.2. The van der Waals surface area contributed by atoms with Gasteiger partial charge < -0.3 is 4.74 Å². The summed E-state index contributed by atoms with van der Waals surface area (Å²) in [6.07, 6.45) is 1.95. The molecule has 0 saturated carbocycles. The predicted molar refractivity (Wildman–Crippen MR) is 122 cm³/mol. The van der Waals surface area contributed by atoms with Crippen LogP contribution in [0.2, 0.25) is 0 Å². The van der Waals surface area contributed by atoms with Gasteiger partial charge in [-0.25, -0.2) is 0 Å². The average Bonchev–Trinajstić information content (AvgIpc) is 3.14. The monoisotopic (exact) mass is 397 g/mol. The Balaban J connectivity index is 1.26. The fourth-order valence-corrected chi connectivity index (χ4v) is 4.57. The van der Waals surface area contributed by atoms with Crippen molar-refractivity contribution >= 4 is 6.21 Å². The van der Waals surface area contributed by atoms with Gasteiger partial charge in [-0.1, -0.05) is 48.5 Å². The number of piperazine rings is 1. The van der Waals surface area contributed by atoms with Gasteiger partial charge in [0, 0.05) is 26.2 Å². The Morgan fingerprint density at radius 3 is 2.03 bits per heavy atom. The Kier molecular flexibility index (Phi) is 5.24. The molecule has 1 aliphatic heterocycles. The van der Waals surface area contributed by atoms with Gasteiger partial charge >= 0.3 is 0 Å². The number of hydrogen-bond acceptors (Lipinski definition) is 4. The SMILES string of the molecule is CCOc1ccc(C=NN2CCN(C3c4ccccc4-c4ccccc43)CC2)cc1. The summed E-state index contributed by atoms with van der Waals surface area (Å²) in [5, 5.41) is 6.90. The molecule has 0 radical (unpaired) electrons. The Labute approximate surface area is 178 Å². The molecular weight excluding hydrogens is 370 g/mol. The van der Waals surface area contributed by atoms with Crippen LogP contribution < -0.4 is 4.74 Å². The zero-order valence-corrected chi connectivity index (χ0v) is 17.4. The molecule has 2 aliphatic rings. The summed E-state index contributed by atoms with van der Waals surface area (Å²) in [6.45, 7) is 6.58. The van der Waals surface area contributed by atoms with Crippen molar-refractivity contribution in [1.29, 1.82) is 0 Å². The third kappa shape index (κ3) is 3.59. The molecule has 5 rings (SSSR count). The smallest absolute Gasteiger partial charge is 0.119 e. The molecule has 0 atom stereocenters.